The van der Waals surface area contributed by atoms with Crippen LogP contribution >= 0.6 is 0 Å². The van der Waals surface area contributed by atoms with Crippen molar-refractivity contribution < 1.29 is 9.53 Å². The van der Waals surface area contributed by atoms with Crippen LogP contribution in [0.4, 0.5) is 0 Å². The van der Waals surface area contributed by atoms with E-state index < -0.39 is 0 Å². The highest BCUT2D eigenvalue weighted by molar-refractivity contribution is 6.01. The Hall–Kier alpha value is -1.31. The number of benzene rings is 1. The summed E-state index contributed by atoms with van der Waals surface area (Å²) in [5.74, 6) is 0.930. The Labute approximate surface area is 77.5 Å². The fraction of sp³-hybridized carbons (Fsp3) is 0.364. The fourth-order valence-electron chi connectivity index (χ4n) is 1.51. The maximum absolute atomic E-state index is 11.6. The molecule has 1 heterocycles. The molecule has 0 saturated carbocycles. The van der Waals surface area contributed by atoms with Crippen LogP contribution in [0.3, 0.4) is 0 Å². The summed E-state index contributed by atoms with van der Waals surface area (Å²) in [6.45, 7) is 4.40. The Morgan fingerprint density at radius 1 is 1.46 bits per heavy atom. The first-order valence-electron chi connectivity index (χ1n) is 4.46. The highest BCUT2D eigenvalue weighted by Gasteiger charge is 2.24. The normalized spacial score (nSPS) is 20.8. The standard InChI is InChI=1S/C11H12O2/c1-7-3-4-9-10(5-7)13-6-8(2)11(9)12/h3-5,8H,6H2,1-2H3. The molecule has 0 aliphatic carbocycles. The number of hydrogen-bond acceptors (Lipinski definition) is 2. The third-order valence-electron chi connectivity index (χ3n) is 2.34. The van der Waals surface area contributed by atoms with Crippen molar-refractivity contribution in [2.75, 3.05) is 6.61 Å². The summed E-state index contributed by atoms with van der Waals surface area (Å²) in [5, 5.41) is 0. The molecule has 0 spiro atoms. The molecule has 13 heavy (non-hydrogen) atoms. The molecule has 0 aromatic heterocycles. The average molecular weight is 176 g/mol. The van der Waals surface area contributed by atoms with Gasteiger partial charge in [-0.2, -0.15) is 0 Å². The quantitative estimate of drug-likeness (QED) is 0.605. The van der Waals surface area contributed by atoms with E-state index in [1.165, 1.54) is 0 Å². The Morgan fingerprint density at radius 3 is 3.00 bits per heavy atom. The van der Waals surface area contributed by atoms with Crippen molar-refractivity contribution in [1.29, 1.82) is 0 Å². The predicted molar refractivity (Wildman–Crippen MR) is 50.2 cm³/mol. The predicted octanol–water partition coefficient (Wildman–Crippen LogP) is 2.21. The first-order chi connectivity index (χ1) is 6.18. The Kier molecular flexibility index (Phi) is 1.83. The van der Waals surface area contributed by atoms with Crippen LogP contribution in [0.2, 0.25) is 0 Å². The van der Waals surface area contributed by atoms with Gasteiger partial charge in [0.25, 0.3) is 0 Å². The van der Waals surface area contributed by atoms with Crippen molar-refractivity contribution in [3.05, 3.63) is 29.3 Å². The first-order valence-corrected chi connectivity index (χ1v) is 4.46. The highest BCUT2D eigenvalue weighted by atomic mass is 16.5. The molecule has 68 valence electrons. The maximum atomic E-state index is 11.6. The molecule has 2 rings (SSSR count). The van der Waals surface area contributed by atoms with E-state index in [1.807, 2.05) is 32.0 Å². The van der Waals surface area contributed by atoms with E-state index in [1.54, 1.807) is 0 Å². The summed E-state index contributed by atoms with van der Waals surface area (Å²) in [7, 11) is 0. The molecule has 1 aromatic carbocycles. The van der Waals surface area contributed by atoms with Crippen LogP contribution in [0.15, 0.2) is 18.2 Å². The van der Waals surface area contributed by atoms with E-state index >= 15 is 0 Å². The molecule has 1 aliphatic rings. The minimum atomic E-state index is -0.00444. The van der Waals surface area contributed by atoms with Crippen molar-refractivity contribution in [3.8, 4) is 5.75 Å². The number of fused-ring (bicyclic) bond motifs is 1. The molecule has 0 fully saturated rings. The van der Waals surface area contributed by atoms with E-state index in [0.29, 0.717) is 6.61 Å². The smallest absolute Gasteiger partial charge is 0.172 e. The zero-order chi connectivity index (χ0) is 9.42. The molecule has 1 atom stereocenters. The lowest BCUT2D eigenvalue weighted by molar-refractivity contribution is 0.0849. The fourth-order valence-corrected chi connectivity index (χ4v) is 1.51. The number of Topliss-reactive ketones (excluding diaryl/α,β-unsaturated/α-hetero) is 1. The van der Waals surface area contributed by atoms with Gasteiger partial charge < -0.3 is 4.74 Å². The largest absolute Gasteiger partial charge is 0.492 e. The molecular formula is C11H12O2. The minimum Gasteiger partial charge on any atom is -0.492 e. The van der Waals surface area contributed by atoms with Crippen LogP contribution in [0, 0.1) is 12.8 Å². The van der Waals surface area contributed by atoms with Crippen LogP contribution in [0.1, 0.15) is 22.8 Å². The monoisotopic (exact) mass is 176 g/mol. The van der Waals surface area contributed by atoms with Crippen LogP contribution in [0.5, 0.6) is 5.75 Å². The Bertz CT molecular complexity index is 355. The van der Waals surface area contributed by atoms with Gasteiger partial charge in [-0.25, -0.2) is 0 Å². The Morgan fingerprint density at radius 2 is 2.23 bits per heavy atom. The summed E-state index contributed by atoms with van der Waals surface area (Å²) in [4.78, 5) is 11.6. The molecule has 1 aromatic rings. The number of ketones is 1. The van der Waals surface area contributed by atoms with Gasteiger partial charge in [0.05, 0.1) is 18.1 Å². The molecule has 0 saturated heterocycles. The van der Waals surface area contributed by atoms with Gasteiger partial charge >= 0.3 is 0 Å². The van der Waals surface area contributed by atoms with Gasteiger partial charge in [-0.1, -0.05) is 13.0 Å². The molecular weight excluding hydrogens is 164 g/mol. The zero-order valence-corrected chi connectivity index (χ0v) is 7.83. The lowest BCUT2D eigenvalue weighted by Gasteiger charge is -2.21. The second kappa shape index (κ2) is 2.87. The first kappa shape index (κ1) is 8.30. The minimum absolute atomic E-state index is 0.00444. The number of hydrogen-bond donors (Lipinski definition) is 0. The molecule has 0 N–H and O–H groups in total. The SMILES string of the molecule is Cc1ccc2c(c1)OCC(C)C2=O. The summed E-state index contributed by atoms with van der Waals surface area (Å²) in [6.07, 6.45) is 0. The zero-order valence-electron chi connectivity index (χ0n) is 7.83. The van der Waals surface area contributed by atoms with E-state index in [0.717, 1.165) is 16.9 Å². The topological polar surface area (TPSA) is 26.3 Å². The van der Waals surface area contributed by atoms with Gasteiger partial charge in [-0.15, -0.1) is 0 Å². The summed E-state index contributed by atoms with van der Waals surface area (Å²) in [6, 6.07) is 5.71. The molecule has 0 bridgehead atoms. The number of aryl methyl sites for hydroxylation is 1. The van der Waals surface area contributed by atoms with Crippen LogP contribution in [0.25, 0.3) is 0 Å². The van der Waals surface area contributed by atoms with E-state index in [9.17, 15) is 4.79 Å². The van der Waals surface area contributed by atoms with Crippen LogP contribution < -0.4 is 4.74 Å². The third kappa shape index (κ3) is 1.32. The van der Waals surface area contributed by atoms with Crippen molar-refractivity contribution in [2.24, 2.45) is 5.92 Å². The molecule has 1 aliphatic heterocycles. The summed E-state index contributed by atoms with van der Waals surface area (Å²) in [5.41, 5.74) is 1.85. The van der Waals surface area contributed by atoms with E-state index in [4.69, 9.17) is 4.74 Å². The van der Waals surface area contributed by atoms with Crippen molar-refractivity contribution in [3.63, 3.8) is 0 Å². The summed E-state index contributed by atoms with van der Waals surface area (Å²) < 4.78 is 5.47. The molecule has 1 unspecified atom stereocenters. The van der Waals surface area contributed by atoms with Gasteiger partial charge in [-0.3, -0.25) is 4.79 Å². The van der Waals surface area contributed by atoms with Gasteiger partial charge in [0.1, 0.15) is 5.75 Å². The number of rotatable bonds is 0. The third-order valence-corrected chi connectivity index (χ3v) is 2.34. The van der Waals surface area contributed by atoms with E-state index in [-0.39, 0.29) is 11.7 Å². The van der Waals surface area contributed by atoms with Crippen LogP contribution in [-0.4, -0.2) is 12.4 Å². The van der Waals surface area contributed by atoms with Crippen molar-refractivity contribution in [1.82, 2.24) is 0 Å². The van der Waals surface area contributed by atoms with Crippen LogP contribution in [-0.2, 0) is 0 Å². The number of ether oxygens (including phenoxy) is 1. The Balaban J connectivity index is 2.50. The van der Waals surface area contributed by atoms with Gasteiger partial charge in [-0.05, 0) is 24.6 Å². The second-order valence-electron chi connectivity index (χ2n) is 3.58. The highest BCUT2D eigenvalue weighted by Crippen LogP contribution is 2.27. The van der Waals surface area contributed by atoms with Crippen molar-refractivity contribution >= 4 is 5.78 Å². The molecule has 2 heteroatoms. The molecule has 0 amide bonds. The summed E-state index contributed by atoms with van der Waals surface area (Å²) >= 11 is 0. The maximum Gasteiger partial charge on any atom is 0.172 e. The van der Waals surface area contributed by atoms with Gasteiger partial charge in [0.2, 0.25) is 0 Å². The van der Waals surface area contributed by atoms with E-state index in [2.05, 4.69) is 0 Å². The molecule has 2 nitrogen and oxygen atoms in total. The average Bonchev–Trinajstić information content (AvgIpc) is 2.12. The number of carbonyl (C=O) groups is 1. The number of carbonyl (C=O) groups excluding carboxylic acids is 1. The van der Waals surface area contributed by atoms with Gasteiger partial charge in [0, 0.05) is 0 Å². The second-order valence-corrected chi connectivity index (χ2v) is 3.58. The lowest BCUT2D eigenvalue weighted by Crippen LogP contribution is -2.25. The van der Waals surface area contributed by atoms with Crippen molar-refractivity contribution in [2.45, 2.75) is 13.8 Å². The van der Waals surface area contributed by atoms with Gasteiger partial charge in [0.15, 0.2) is 5.78 Å². The lowest BCUT2D eigenvalue weighted by atomic mass is 9.96. The molecule has 0 radical (unpaired) electrons.